The molecule has 2 nitrogen and oxygen atoms in total. The van der Waals surface area contributed by atoms with Gasteiger partial charge in [-0.15, -0.1) is 0 Å². The summed E-state index contributed by atoms with van der Waals surface area (Å²) in [6.45, 7) is 3.02. The van der Waals surface area contributed by atoms with E-state index >= 15 is 0 Å². The van der Waals surface area contributed by atoms with Crippen LogP contribution in [0.3, 0.4) is 0 Å². The van der Waals surface area contributed by atoms with Gasteiger partial charge in [-0.3, -0.25) is 0 Å². The second kappa shape index (κ2) is 4.09. The zero-order chi connectivity index (χ0) is 8.10. The first-order valence-corrected chi connectivity index (χ1v) is 3.96. The van der Waals surface area contributed by atoms with E-state index in [2.05, 4.69) is 17.6 Å². The first-order valence-electron chi connectivity index (χ1n) is 3.96. The highest BCUT2D eigenvalue weighted by atomic mass is 16.3. The number of hydrogen-bond donors (Lipinski definition) is 1. The summed E-state index contributed by atoms with van der Waals surface area (Å²) in [6, 6.07) is 6.08. The maximum atomic E-state index is 8.72. The Morgan fingerprint density at radius 3 is 2.91 bits per heavy atom. The van der Waals surface area contributed by atoms with Crippen LogP contribution < -0.4 is 4.57 Å². The van der Waals surface area contributed by atoms with E-state index in [0.717, 1.165) is 6.42 Å². The molecule has 0 fully saturated rings. The number of rotatable bonds is 3. The van der Waals surface area contributed by atoms with Gasteiger partial charge in [-0.25, -0.2) is 4.57 Å². The minimum Gasteiger partial charge on any atom is -0.390 e. The SMILES string of the molecule is CCc1cccc[n+]1CCO. The molecular formula is C9H14NO+. The van der Waals surface area contributed by atoms with Crippen LogP contribution in [0.25, 0.3) is 0 Å². The Balaban J connectivity index is 2.83. The van der Waals surface area contributed by atoms with Gasteiger partial charge in [0.15, 0.2) is 18.4 Å². The van der Waals surface area contributed by atoms with E-state index in [1.807, 2.05) is 18.3 Å². The molecule has 0 aromatic carbocycles. The van der Waals surface area contributed by atoms with E-state index in [4.69, 9.17) is 5.11 Å². The fourth-order valence-corrected chi connectivity index (χ4v) is 1.16. The lowest BCUT2D eigenvalue weighted by Crippen LogP contribution is -2.39. The molecule has 0 aliphatic carbocycles. The van der Waals surface area contributed by atoms with Gasteiger partial charge in [0, 0.05) is 18.6 Å². The van der Waals surface area contributed by atoms with Crippen LogP contribution in [0.1, 0.15) is 12.6 Å². The minimum absolute atomic E-state index is 0.210. The van der Waals surface area contributed by atoms with Crippen LogP contribution in [-0.4, -0.2) is 11.7 Å². The van der Waals surface area contributed by atoms with Crippen molar-refractivity contribution in [1.82, 2.24) is 0 Å². The summed E-state index contributed by atoms with van der Waals surface area (Å²) >= 11 is 0. The number of hydrogen-bond acceptors (Lipinski definition) is 1. The Bertz CT molecular complexity index is 223. The second-order valence-corrected chi connectivity index (χ2v) is 2.46. The van der Waals surface area contributed by atoms with Crippen molar-refractivity contribution in [3.05, 3.63) is 30.1 Å². The van der Waals surface area contributed by atoms with E-state index in [0.29, 0.717) is 6.54 Å². The molecule has 0 bridgehead atoms. The third-order valence-electron chi connectivity index (χ3n) is 1.74. The first-order chi connectivity index (χ1) is 5.38. The normalized spacial score (nSPS) is 10.0. The molecule has 1 rings (SSSR count). The maximum absolute atomic E-state index is 8.72. The average Bonchev–Trinajstić information content (AvgIpc) is 2.06. The fourth-order valence-electron chi connectivity index (χ4n) is 1.16. The van der Waals surface area contributed by atoms with E-state index < -0.39 is 0 Å². The Hall–Kier alpha value is -0.890. The standard InChI is InChI=1S/C9H14NO/c1-2-9-5-3-4-6-10(9)7-8-11/h3-6,11H,2,7-8H2,1H3/q+1. The summed E-state index contributed by atoms with van der Waals surface area (Å²) in [5.74, 6) is 0. The maximum Gasteiger partial charge on any atom is 0.181 e. The van der Waals surface area contributed by atoms with Gasteiger partial charge in [0.1, 0.15) is 6.61 Å². The third kappa shape index (κ3) is 2.02. The average molecular weight is 152 g/mol. The Kier molecular flexibility index (Phi) is 3.05. The highest BCUT2D eigenvalue weighted by molar-refractivity contribution is 4.96. The van der Waals surface area contributed by atoms with Crippen LogP contribution in [-0.2, 0) is 13.0 Å². The highest BCUT2D eigenvalue weighted by Crippen LogP contribution is 1.91. The third-order valence-corrected chi connectivity index (χ3v) is 1.74. The quantitative estimate of drug-likeness (QED) is 0.628. The monoisotopic (exact) mass is 152 g/mol. The molecule has 0 unspecified atom stereocenters. The van der Waals surface area contributed by atoms with Crippen LogP contribution in [0.4, 0.5) is 0 Å². The van der Waals surface area contributed by atoms with Crippen molar-refractivity contribution in [2.45, 2.75) is 19.9 Å². The molecule has 0 aliphatic rings. The predicted molar refractivity (Wildman–Crippen MR) is 43.1 cm³/mol. The van der Waals surface area contributed by atoms with E-state index in [1.165, 1.54) is 5.69 Å². The molecule has 1 heterocycles. The number of pyridine rings is 1. The molecule has 0 atom stereocenters. The van der Waals surface area contributed by atoms with Gasteiger partial charge in [-0.2, -0.15) is 0 Å². The summed E-state index contributed by atoms with van der Waals surface area (Å²) < 4.78 is 2.07. The summed E-state index contributed by atoms with van der Waals surface area (Å²) in [5, 5.41) is 8.72. The van der Waals surface area contributed by atoms with Gasteiger partial charge in [-0.1, -0.05) is 13.0 Å². The molecule has 1 N–H and O–H groups in total. The summed E-state index contributed by atoms with van der Waals surface area (Å²) in [6.07, 6.45) is 3.01. The molecule has 1 aromatic rings. The topological polar surface area (TPSA) is 24.1 Å². The fraction of sp³-hybridized carbons (Fsp3) is 0.444. The van der Waals surface area contributed by atoms with Crippen LogP contribution >= 0.6 is 0 Å². The zero-order valence-electron chi connectivity index (χ0n) is 6.83. The van der Waals surface area contributed by atoms with Gasteiger partial charge in [0.25, 0.3) is 0 Å². The van der Waals surface area contributed by atoms with Crippen molar-refractivity contribution in [1.29, 1.82) is 0 Å². The van der Waals surface area contributed by atoms with Gasteiger partial charge >= 0.3 is 0 Å². The summed E-state index contributed by atoms with van der Waals surface area (Å²) in [4.78, 5) is 0. The Morgan fingerprint density at radius 1 is 1.45 bits per heavy atom. The largest absolute Gasteiger partial charge is 0.390 e. The lowest BCUT2D eigenvalue weighted by Gasteiger charge is -1.98. The number of aryl methyl sites for hydroxylation is 1. The predicted octanol–water partition coefficient (Wildman–Crippen LogP) is 0.529. The lowest BCUT2D eigenvalue weighted by atomic mass is 10.3. The van der Waals surface area contributed by atoms with Crippen LogP contribution in [0, 0.1) is 0 Å². The summed E-state index contributed by atoms with van der Waals surface area (Å²) in [5.41, 5.74) is 1.27. The second-order valence-electron chi connectivity index (χ2n) is 2.46. The van der Waals surface area contributed by atoms with Crippen molar-refractivity contribution < 1.29 is 9.67 Å². The molecule has 0 radical (unpaired) electrons. The van der Waals surface area contributed by atoms with Crippen molar-refractivity contribution in [2.75, 3.05) is 6.61 Å². The molecule has 1 aromatic heterocycles. The smallest absolute Gasteiger partial charge is 0.181 e. The van der Waals surface area contributed by atoms with Gasteiger partial charge < -0.3 is 5.11 Å². The molecule has 60 valence electrons. The molecule has 2 heteroatoms. The van der Waals surface area contributed by atoms with Crippen LogP contribution in [0.2, 0.25) is 0 Å². The van der Waals surface area contributed by atoms with Gasteiger partial charge in [0.2, 0.25) is 0 Å². The lowest BCUT2D eigenvalue weighted by molar-refractivity contribution is -0.705. The Labute approximate surface area is 67.1 Å². The minimum atomic E-state index is 0.210. The van der Waals surface area contributed by atoms with Crippen molar-refractivity contribution in [3.8, 4) is 0 Å². The molecule has 11 heavy (non-hydrogen) atoms. The number of aromatic nitrogens is 1. The van der Waals surface area contributed by atoms with E-state index in [1.54, 1.807) is 0 Å². The number of nitrogens with zero attached hydrogens (tertiary/aromatic N) is 1. The summed E-state index contributed by atoms with van der Waals surface area (Å²) in [7, 11) is 0. The van der Waals surface area contributed by atoms with Crippen molar-refractivity contribution in [3.63, 3.8) is 0 Å². The van der Waals surface area contributed by atoms with Crippen LogP contribution in [0.5, 0.6) is 0 Å². The molecular weight excluding hydrogens is 138 g/mol. The molecule has 0 saturated carbocycles. The van der Waals surface area contributed by atoms with E-state index in [9.17, 15) is 0 Å². The number of aliphatic hydroxyl groups excluding tert-OH is 1. The molecule has 0 aliphatic heterocycles. The van der Waals surface area contributed by atoms with Crippen molar-refractivity contribution in [2.24, 2.45) is 0 Å². The molecule has 0 spiro atoms. The molecule has 0 saturated heterocycles. The van der Waals surface area contributed by atoms with Crippen LogP contribution in [0.15, 0.2) is 24.4 Å². The zero-order valence-corrected chi connectivity index (χ0v) is 6.83. The Morgan fingerprint density at radius 2 is 2.27 bits per heavy atom. The highest BCUT2D eigenvalue weighted by Gasteiger charge is 2.04. The first kappa shape index (κ1) is 8.21. The number of aliphatic hydroxyl groups is 1. The van der Waals surface area contributed by atoms with Gasteiger partial charge in [0.05, 0.1) is 0 Å². The van der Waals surface area contributed by atoms with Crippen molar-refractivity contribution >= 4 is 0 Å². The van der Waals surface area contributed by atoms with Gasteiger partial charge in [-0.05, 0) is 0 Å². The van der Waals surface area contributed by atoms with E-state index in [-0.39, 0.29) is 6.61 Å². The molecule has 0 amide bonds.